The lowest BCUT2D eigenvalue weighted by Gasteiger charge is -2.21. The van der Waals surface area contributed by atoms with E-state index >= 15 is 0 Å². The molecule has 1 heterocycles. The summed E-state index contributed by atoms with van der Waals surface area (Å²) in [6.07, 6.45) is 1.64. The first kappa shape index (κ1) is 15.8. The Morgan fingerprint density at radius 3 is 2.76 bits per heavy atom. The van der Waals surface area contributed by atoms with E-state index < -0.39 is 0 Å². The van der Waals surface area contributed by atoms with Crippen LogP contribution in [0.4, 0.5) is 5.69 Å². The number of hydrogen-bond acceptors (Lipinski definition) is 3. The third-order valence-corrected chi connectivity index (χ3v) is 3.98. The molecule has 4 heteroatoms. The molecular weight excluding hydrogens is 264 g/mol. The van der Waals surface area contributed by atoms with E-state index in [1.807, 2.05) is 12.1 Å². The van der Waals surface area contributed by atoms with Gasteiger partial charge in [-0.25, -0.2) is 0 Å². The zero-order valence-corrected chi connectivity index (χ0v) is 13.5. The second-order valence-corrected chi connectivity index (χ2v) is 6.78. The van der Waals surface area contributed by atoms with Crippen LogP contribution in [0.3, 0.4) is 0 Å². The number of carbonyl (C=O) groups is 1. The van der Waals surface area contributed by atoms with Crippen molar-refractivity contribution in [2.24, 2.45) is 5.92 Å². The lowest BCUT2D eigenvalue weighted by atomic mass is 9.87. The average Bonchev–Trinajstić information content (AvgIpc) is 2.90. The van der Waals surface area contributed by atoms with Crippen molar-refractivity contribution in [3.8, 4) is 5.75 Å². The molecule has 0 spiro atoms. The Bertz CT molecular complexity index is 500. The number of ether oxygens (including phenoxy) is 1. The highest BCUT2D eigenvalue weighted by Gasteiger charge is 2.20. The number of methoxy groups -OCH3 is 1. The molecule has 0 saturated carbocycles. The first-order chi connectivity index (χ1) is 9.90. The van der Waals surface area contributed by atoms with Gasteiger partial charge in [-0.2, -0.15) is 0 Å². The Kier molecular flexibility index (Phi) is 4.88. The topological polar surface area (TPSA) is 50.4 Å². The highest BCUT2D eigenvalue weighted by atomic mass is 16.5. The van der Waals surface area contributed by atoms with Crippen LogP contribution in [-0.4, -0.2) is 26.1 Å². The zero-order valence-electron chi connectivity index (χ0n) is 13.5. The summed E-state index contributed by atoms with van der Waals surface area (Å²) >= 11 is 0. The second-order valence-electron chi connectivity index (χ2n) is 6.78. The predicted octanol–water partition coefficient (Wildman–Crippen LogP) is 2.93. The molecule has 2 N–H and O–H groups in total. The van der Waals surface area contributed by atoms with Gasteiger partial charge >= 0.3 is 0 Å². The van der Waals surface area contributed by atoms with Gasteiger partial charge in [0.05, 0.1) is 12.8 Å². The van der Waals surface area contributed by atoms with Crippen molar-refractivity contribution in [2.75, 3.05) is 25.5 Å². The molecule has 1 unspecified atom stereocenters. The summed E-state index contributed by atoms with van der Waals surface area (Å²) in [5.74, 6) is 1.22. The van der Waals surface area contributed by atoms with Crippen molar-refractivity contribution < 1.29 is 9.53 Å². The van der Waals surface area contributed by atoms with Gasteiger partial charge in [0.25, 0.3) is 0 Å². The highest BCUT2D eigenvalue weighted by molar-refractivity contribution is 5.92. The number of amides is 1. The van der Waals surface area contributed by atoms with Crippen LogP contribution in [-0.2, 0) is 10.2 Å². The van der Waals surface area contributed by atoms with Gasteiger partial charge < -0.3 is 15.4 Å². The molecule has 1 amide bonds. The van der Waals surface area contributed by atoms with Crippen LogP contribution in [0.5, 0.6) is 5.75 Å². The molecule has 2 rings (SSSR count). The van der Waals surface area contributed by atoms with Crippen molar-refractivity contribution in [3.63, 3.8) is 0 Å². The van der Waals surface area contributed by atoms with E-state index in [2.05, 4.69) is 37.5 Å². The van der Waals surface area contributed by atoms with Crippen LogP contribution in [0.1, 0.15) is 39.2 Å². The lowest BCUT2D eigenvalue weighted by Crippen LogP contribution is -2.19. The number of rotatable bonds is 4. The summed E-state index contributed by atoms with van der Waals surface area (Å²) in [4.78, 5) is 12.2. The van der Waals surface area contributed by atoms with E-state index in [4.69, 9.17) is 4.74 Å². The van der Waals surface area contributed by atoms with Gasteiger partial charge in [-0.3, -0.25) is 4.79 Å². The minimum absolute atomic E-state index is 0.0428. The van der Waals surface area contributed by atoms with Gasteiger partial charge in [-0.1, -0.05) is 26.8 Å². The Morgan fingerprint density at radius 1 is 1.43 bits per heavy atom. The van der Waals surface area contributed by atoms with Crippen molar-refractivity contribution in [3.05, 3.63) is 23.8 Å². The number of nitrogens with one attached hydrogen (secondary N) is 2. The standard InChI is InChI=1S/C17H26N2O2/c1-17(2,3)13-5-6-15(21-4)14(10-13)19-16(20)9-12-7-8-18-11-12/h5-6,10,12,18H,7-9,11H2,1-4H3,(H,19,20). The van der Waals surface area contributed by atoms with Gasteiger partial charge in [0.15, 0.2) is 0 Å². The number of benzene rings is 1. The number of anilines is 1. The van der Waals surface area contributed by atoms with Crippen molar-refractivity contribution >= 4 is 11.6 Å². The van der Waals surface area contributed by atoms with Crippen LogP contribution >= 0.6 is 0 Å². The molecule has 1 aliphatic rings. The molecule has 116 valence electrons. The van der Waals surface area contributed by atoms with Gasteiger partial charge in [0.2, 0.25) is 5.91 Å². The summed E-state index contributed by atoms with van der Waals surface area (Å²) in [6.45, 7) is 8.42. The minimum Gasteiger partial charge on any atom is -0.495 e. The van der Waals surface area contributed by atoms with E-state index in [0.717, 1.165) is 25.2 Å². The molecule has 21 heavy (non-hydrogen) atoms. The molecule has 1 aromatic carbocycles. The van der Waals surface area contributed by atoms with Gasteiger partial charge in [-0.15, -0.1) is 0 Å². The summed E-state index contributed by atoms with van der Waals surface area (Å²) in [7, 11) is 1.63. The number of carbonyl (C=O) groups excluding carboxylic acids is 1. The Morgan fingerprint density at radius 2 is 2.19 bits per heavy atom. The molecule has 0 aliphatic carbocycles. The Balaban J connectivity index is 2.11. The van der Waals surface area contributed by atoms with Crippen LogP contribution in [0.15, 0.2) is 18.2 Å². The van der Waals surface area contributed by atoms with E-state index in [-0.39, 0.29) is 11.3 Å². The van der Waals surface area contributed by atoms with Gasteiger partial charge in [-0.05, 0) is 48.5 Å². The van der Waals surface area contributed by atoms with E-state index in [9.17, 15) is 4.79 Å². The van der Waals surface area contributed by atoms with Crippen LogP contribution in [0, 0.1) is 5.92 Å². The summed E-state index contributed by atoms with van der Waals surface area (Å²) in [5, 5.41) is 6.30. The second kappa shape index (κ2) is 6.48. The Hall–Kier alpha value is -1.55. The summed E-state index contributed by atoms with van der Waals surface area (Å²) in [6, 6.07) is 5.99. The average molecular weight is 290 g/mol. The molecule has 1 saturated heterocycles. The molecule has 0 radical (unpaired) electrons. The molecule has 1 fully saturated rings. The van der Waals surface area contributed by atoms with E-state index in [1.54, 1.807) is 7.11 Å². The zero-order chi connectivity index (χ0) is 15.5. The predicted molar refractivity (Wildman–Crippen MR) is 85.9 cm³/mol. The maximum absolute atomic E-state index is 12.2. The Labute approximate surface area is 127 Å². The quantitative estimate of drug-likeness (QED) is 0.896. The third-order valence-electron chi connectivity index (χ3n) is 3.98. The molecule has 4 nitrogen and oxygen atoms in total. The monoisotopic (exact) mass is 290 g/mol. The van der Waals surface area contributed by atoms with Crippen LogP contribution in [0.2, 0.25) is 0 Å². The van der Waals surface area contributed by atoms with Crippen LogP contribution in [0.25, 0.3) is 0 Å². The fourth-order valence-corrected chi connectivity index (χ4v) is 2.62. The number of hydrogen-bond donors (Lipinski definition) is 2. The lowest BCUT2D eigenvalue weighted by molar-refractivity contribution is -0.117. The SMILES string of the molecule is COc1ccc(C(C)(C)C)cc1NC(=O)CC1CCNC1. The van der Waals surface area contributed by atoms with E-state index in [1.165, 1.54) is 5.56 Å². The molecule has 0 bridgehead atoms. The maximum Gasteiger partial charge on any atom is 0.224 e. The van der Waals surface area contributed by atoms with Crippen molar-refractivity contribution in [2.45, 2.75) is 39.0 Å². The van der Waals surface area contributed by atoms with Gasteiger partial charge in [0.1, 0.15) is 5.75 Å². The first-order valence-corrected chi connectivity index (χ1v) is 7.59. The molecule has 1 aliphatic heterocycles. The van der Waals surface area contributed by atoms with Gasteiger partial charge in [0, 0.05) is 6.42 Å². The maximum atomic E-state index is 12.2. The van der Waals surface area contributed by atoms with Crippen molar-refractivity contribution in [1.29, 1.82) is 0 Å². The van der Waals surface area contributed by atoms with E-state index in [0.29, 0.717) is 18.1 Å². The first-order valence-electron chi connectivity index (χ1n) is 7.59. The molecule has 1 atom stereocenters. The van der Waals surface area contributed by atoms with Crippen LogP contribution < -0.4 is 15.4 Å². The minimum atomic E-state index is 0.0428. The smallest absolute Gasteiger partial charge is 0.224 e. The van der Waals surface area contributed by atoms with Crippen molar-refractivity contribution in [1.82, 2.24) is 5.32 Å². The fraction of sp³-hybridized carbons (Fsp3) is 0.588. The summed E-state index contributed by atoms with van der Waals surface area (Å²) < 4.78 is 5.36. The fourth-order valence-electron chi connectivity index (χ4n) is 2.62. The summed E-state index contributed by atoms with van der Waals surface area (Å²) in [5.41, 5.74) is 1.99. The normalized spacial score (nSPS) is 18.6. The third kappa shape index (κ3) is 4.21. The molecule has 1 aromatic rings. The molecular formula is C17H26N2O2. The molecule has 0 aromatic heterocycles. The highest BCUT2D eigenvalue weighted by Crippen LogP contribution is 2.31. The largest absolute Gasteiger partial charge is 0.495 e.